The Hall–Kier alpha value is -1.66. The minimum Gasteiger partial charge on any atom is -0.365 e. The SMILES string of the molecule is CCNc1nc(NCc2cscc2C)c2ccsc2n1. The van der Waals surface area contributed by atoms with Crippen LogP contribution in [-0.2, 0) is 6.54 Å². The van der Waals surface area contributed by atoms with Crippen LogP contribution in [0.1, 0.15) is 18.1 Å². The zero-order valence-electron chi connectivity index (χ0n) is 11.4. The molecule has 3 heterocycles. The number of hydrogen-bond acceptors (Lipinski definition) is 6. The van der Waals surface area contributed by atoms with Crippen LogP contribution in [0.15, 0.2) is 22.2 Å². The molecule has 3 aromatic heterocycles. The van der Waals surface area contributed by atoms with Crippen LogP contribution >= 0.6 is 22.7 Å². The lowest BCUT2D eigenvalue weighted by Crippen LogP contribution is -2.06. The van der Waals surface area contributed by atoms with Gasteiger partial charge in [0.25, 0.3) is 0 Å². The first-order chi connectivity index (χ1) is 9.78. The molecule has 0 unspecified atom stereocenters. The average Bonchev–Trinajstić information content (AvgIpc) is 3.05. The third-order valence-corrected chi connectivity index (χ3v) is 4.78. The normalized spacial score (nSPS) is 10.9. The van der Waals surface area contributed by atoms with Gasteiger partial charge in [-0.1, -0.05) is 0 Å². The van der Waals surface area contributed by atoms with Gasteiger partial charge in [-0.25, -0.2) is 4.98 Å². The smallest absolute Gasteiger partial charge is 0.226 e. The molecule has 20 heavy (non-hydrogen) atoms. The van der Waals surface area contributed by atoms with E-state index in [-0.39, 0.29) is 0 Å². The van der Waals surface area contributed by atoms with E-state index < -0.39 is 0 Å². The van der Waals surface area contributed by atoms with Gasteiger partial charge < -0.3 is 10.6 Å². The predicted octanol–water partition coefficient (Wildman–Crippen LogP) is 4.11. The second-order valence-electron chi connectivity index (χ2n) is 4.50. The molecule has 0 radical (unpaired) electrons. The number of nitrogens with zero attached hydrogens (tertiary/aromatic N) is 2. The number of aryl methyl sites for hydroxylation is 1. The molecule has 0 amide bonds. The van der Waals surface area contributed by atoms with Crippen LogP contribution < -0.4 is 10.6 Å². The van der Waals surface area contributed by atoms with Crippen molar-refractivity contribution in [1.29, 1.82) is 0 Å². The molecule has 3 rings (SSSR count). The van der Waals surface area contributed by atoms with Crippen molar-refractivity contribution >= 4 is 44.7 Å². The summed E-state index contributed by atoms with van der Waals surface area (Å²) in [5.74, 6) is 1.59. The fourth-order valence-corrected chi connectivity index (χ4v) is 3.60. The Morgan fingerprint density at radius 2 is 2.10 bits per heavy atom. The first-order valence-corrected chi connectivity index (χ1v) is 8.35. The van der Waals surface area contributed by atoms with Gasteiger partial charge in [-0.2, -0.15) is 16.3 Å². The van der Waals surface area contributed by atoms with Gasteiger partial charge in [0.1, 0.15) is 10.6 Å². The molecule has 2 N–H and O–H groups in total. The summed E-state index contributed by atoms with van der Waals surface area (Å²) < 4.78 is 0. The summed E-state index contributed by atoms with van der Waals surface area (Å²) in [4.78, 5) is 10.1. The molecular weight excluding hydrogens is 288 g/mol. The Bertz CT molecular complexity index is 717. The van der Waals surface area contributed by atoms with E-state index in [2.05, 4.69) is 49.7 Å². The maximum Gasteiger partial charge on any atom is 0.226 e. The number of anilines is 2. The largest absolute Gasteiger partial charge is 0.365 e. The molecule has 0 spiro atoms. The molecule has 6 heteroatoms. The molecule has 0 aromatic carbocycles. The molecule has 0 aliphatic carbocycles. The van der Waals surface area contributed by atoms with Crippen LogP contribution in [0, 0.1) is 6.92 Å². The highest BCUT2D eigenvalue weighted by molar-refractivity contribution is 7.16. The number of thiophene rings is 2. The molecular formula is C14H16N4S2. The summed E-state index contributed by atoms with van der Waals surface area (Å²) in [5.41, 5.74) is 2.65. The molecule has 0 fully saturated rings. The molecule has 4 nitrogen and oxygen atoms in total. The molecule has 104 valence electrons. The van der Waals surface area contributed by atoms with Crippen molar-refractivity contribution in [2.24, 2.45) is 0 Å². The van der Waals surface area contributed by atoms with Crippen LogP contribution in [-0.4, -0.2) is 16.5 Å². The van der Waals surface area contributed by atoms with Crippen LogP contribution in [0.25, 0.3) is 10.2 Å². The maximum atomic E-state index is 4.57. The summed E-state index contributed by atoms with van der Waals surface area (Å²) in [6, 6.07) is 2.07. The second-order valence-corrected chi connectivity index (χ2v) is 6.14. The monoisotopic (exact) mass is 304 g/mol. The quantitative estimate of drug-likeness (QED) is 0.745. The molecule has 3 aromatic rings. The van der Waals surface area contributed by atoms with Gasteiger partial charge in [-0.05, 0) is 47.2 Å². The van der Waals surface area contributed by atoms with Crippen molar-refractivity contribution in [3.63, 3.8) is 0 Å². The third kappa shape index (κ3) is 2.62. The Balaban J connectivity index is 1.89. The summed E-state index contributed by atoms with van der Waals surface area (Å²) in [5, 5.41) is 14.1. The van der Waals surface area contributed by atoms with Gasteiger partial charge in [0.2, 0.25) is 5.95 Å². The molecule has 0 aliphatic rings. The van der Waals surface area contributed by atoms with Crippen molar-refractivity contribution in [3.8, 4) is 0 Å². The average molecular weight is 304 g/mol. The zero-order chi connectivity index (χ0) is 13.9. The lowest BCUT2D eigenvalue weighted by atomic mass is 10.2. The van der Waals surface area contributed by atoms with Crippen LogP contribution in [0.5, 0.6) is 0 Å². The van der Waals surface area contributed by atoms with Crippen molar-refractivity contribution < 1.29 is 0 Å². The minimum absolute atomic E-state index is 0.687. The van der Waals surface area contributed by atoms with E-state index in [1.807, 2.05) is 6.92 Å². The van der Waals surface area contributed by atoms with Crippen molar-refractivity contribution in [1.82, 2.24) is 9.97 Å². The Morgan fingerprint density at radius 1 is 1.20 bits per heavy atom. The van der Waals surface area contributed by atoms with Gasteiger partial charge in [0, 0.05) is 13.1 Å². The highest BCUT2D eigenvalue weighted by Gasteiger charge is 2.09. The van der Waals surface area contributed by atoms with E-state index in [9.17, 15) is 0 Å². The fraction of sp³-hybridized carbons (Fsp3) is 0.286. The zero-order valence-corrected chi connectivity index (χ0v) is 13.1. The van der Waals surface area contributed by atoms with Gasteiger partial charge in [0.05, 0.1) is 5.39 Å². The minimum atomic E-state index is 0.687. The van der Waals surface area contributed by atoms with E-state index in [0.717, 1.165) is 29.1 Å². The van der Waals surface area contributed by atoms with Crippen LogP contribution in [0.3, 0.4) is 0 Å². The maximum absolute atomic E-state index is 4.57. The van der Waals surface area contributed by atoms with E-state index in [4.69, 9.17) is 0 Å². The van der Waals surface area contributed by atoms with E-state index >= 15 is 0 Å². The van der Waals surface area contributed by atoms with Gasteiger partial charge in [0.15, 0.2) is 0 Å². The Morgan fingerprint density at radius 3 is 2.85 bits per heavy atom. The second kappa shape index (κ2) is 5.76. The van der Waals surface area contributed by atoms with E-state index in [1.165, 1.54) is 11.1 Å². The van der Waals surface area contributed by atoms with Gasteiger partial charge >= 0.3 is 0 Å². The standard InChI is InChI=1S/C14H16N4S2/c1-3-15-14-17-12(11-4-5-20-13(11)18-14)16-6-10-8-19-7-9(10)2/h4-5,7-8H,3,6H2,1-2H3,(H2,15,16,17,18). The molecule has 0 saturated heterocycles. The summed E-state index contributed by atoms with van der Waals surface area (Å²) in [6.45, 7) is 5.80. The number of aromatic nitrogens is 2. The number of fused-ring (bicyclic) bond motifs is 1. The highest BCUT2D eigenvalue weighted by Crippen LogP contribution is 2.27. The highest BCUT2D eigenvalue weighted by atomic mass is 32.1. The molecule has 0 bridgehead atoms. The van der Waals surface area contributed by atoms with Crippen LogP contribution in [0.4, 0.5) is 11.8 Å². The third-order valence-electron chi connectivity index (χ3n) is 3.07. The number of nitrogens with one attached hydrogen (secondary N) is 2. The lowest BCUT2D eigenvalue weighted by Gasteiger charge is -2.09. The fourth-order valence-electron chi connectivity index (χ4n) is 1.97. The first kappa shape index (κ1) is 13.3. The summed E-state index contributed by atoms with van der Waals surface area (Å²) in [7, 11) is 0. The van der Waals surface area contributed by atoms with Gasteiger partial charge in [-0.15, -0.1) is 11.3 Å². The predicted molar refractivity (Wildman–Crippen MR) is 88.0 cm³/mol. The van der Waals surface area contributed by atoms with Gasteiger partial charge in [-0.3, -0.25) is 0 Å². The van der Waals surface area contributed by atoms with E-state index in [0.29, 0.717) is 5.95 Å². The topological polar surface area (TPSA) is 49.8 Å². The van der Waals surface area contributed by atoms with E-state index in [1.54, 1.807) is 22.7 Å². The first-order valence-electron chi connectivity index (χ1n) is 6.52. The van der Waals surface area contributed by atoms with Crippen LogP contribution in [0.2, 0.25) is 0 Å². The van der Waals surface area contributed by atoms with Crippen molar-refractivity contribution in [2.45, 2.75) is 20.4 Å². The Labute approximate surface area is 125 Å². The Kier molecular flexibility index (Phi) is 3.84. The molecule has 0 atom stereocenters. The molecule has 0 aliphatic heterocycles. The lowest BCUT2D eigenvalue weighted by molar-refractivity contribution is 1.07. The number of hydrogen-bond donors (Lipinski definition) is 2. The summed E-state index contributed by atoms with van der Waals surface area (Å²) in [6.07, 6.45) is 0. The number of rotatable bonds is 5. The van der Waals surface area contributed by atoms with Crippen molar-refractivity contribution in [2.75, 3.05) is 17.2 Å². The van der Waals surface area contributed by atoms with Crippen molar-refractivity contribution in [3.05, 3.63) is 33.3 Å². The molecule has 0 saturated carbocycles. The summed E-state index contributed by atoms with van der Waals surface area (Å²) >= 11 is 3.37.